The van der Waals surface area contributed by atoms with Crippen LogP contribution in [0.2, 0.25) is 0 Å². The Morgan fingerprint density at radius 2 is 1.85 bits per heavy atom. The first-order valence-electron chi connectivity index (χ1n) is 7.51. The van der Waals surface area contributed by atoms with Crippen molar-refractivity contribution in [1.82, 2.24) is 0 Å². The molecular formula is C18H19NO. The van der Waals surface area contributed by atoms with E-state index in [-0.39, 0.29) is 0 Å². The monoisotopic (exact) mass is 265 g/mol. The maximum absolute atomic E-state index is 5.96. The van der Waals surface area contributed by atoms with Crippen LogP contribution >= 0.6 is 0 Å². The van der Waals surface area contributed by atoms with Gasteiger partial charge in [0.15, 0.2) is 0 Å². The molecule has 4 rings (SSSR count). The lowest BCUT2D eigenvalue weighted by Crippen LogP contribution is -2.20. The van der Waals surface area contributed by atoms with E-state index in [0.717, 1.165) is 38.0 Å². The number of benzene rings is 2. The van der Waals surface area contributed by atoms with E-state index >= 15 is 0 Å². The average Bonchev–Trinajstić information content (AvgIpc) is 2.54. The highest BCUT2D eigenvalue weighted by atomic mass is 16.5. The van der Waals surface area contributed by atoms with Gasteiger partial charge in [-0.1, -0.05) is 36.4 Å². The second kappa shape index (κ2) is 4.86. The van der Waals surface area contributed by atoms with Crippen LogP contribution in [0.25, 0.3) is 0 Å². The van der Waals surface area contributed by atoms with Gasteiger partial charge in [0.1, 0.15) is 5.75 Å². The smallest absolute Gasteiger partial charge is 0.127 e. The Kier molecular flexibility index (Phi) is 2.87. The van der Waals surface area contributed by atoms with Crippen molar-refractivity contribution in [3.05, 3.63) is 59.2 Å². The number of rotatable bonds is 1. The third-order valence-corrected chi connectivity index (χ3v) is 4.39. The topological polar surface area (TPSA) is 21.3 Å². The minimum Gasteiger partial charge on any atom is -0.493 e. The van der Waals surface area contributed by atoms with E-state index in [1.54, 1.807) is 0 Å². The normalized spacial score (nSPS) is 20.3. The van der Waals surface area contributed by atoms with Gasteiger partial charge in [0, 0.05) is 11.3 Å². The zero-order valence-electron chi connectivity index (χ0n) is 11.6. The van der Waals surface area contributed by atoms with Crippen LogP contribution in [0.15, 0.2) is 42.5 Å². The fraction of sp³-hybridized carbons (Fsp3) is 0.333. The lowest BCUT2D eigenvalue weighted by atomic mass is 9.91. The van der Waals surface area contributed by atoms with E-state index in [1.807, 2.05) is 0 Å². The molecule has 0 saturated heterocycles. The van der Waals surface area contributed by atoms with Crippen LogP contribution < -0.4 is 10.1 Å². The number of aryl methyl sites for hydroxylation is 2. The summed E-state index contributed by atoms with van der Waals surface area (Å²) in [5.41, 5.74) is 5.40. The van der Waals surface area contributed by atoms with Crippen molar-refractivity contribution in [3.8, 4) is 5.75 Å². The quantitative estimate of drug-likeness (QED) is 0.837. The molecule has 2 aromatic rings. The van der Waals surface area contributed by atoms with Crippen LogP contribution in [0.1, 0.15) is 35.6 Å². The first kappa shape index (κ1) is 11.8. The lowest BCUT2D eigenvalue weighted by Gasteiger charge is -2.30. The molecule has 2 aromatic carbocycles. The number of nitrogens with one attached hydrogen (secondary N) is 1. The SMILES string of the molecule is c1ccc2c(c1)CCC(c1cccc3c1OCCC3)N2. The molecular weight excluding hydrogens is 246 g/mol. The van der Waals surface area contributed by atoms with Gasteiger partial charge in [-0.05, 0) is 42.9 Å². The molecule has 0 amide bonds. The van der Waals surface area contributed by atoms with Crippen molar-refractivity contribution in [2.45, 2.75) is 31.7 Å². The Labute approximate surface area is 119 Å². The summed E-state index contributed by atoms with van der Waals surface area (Å²) >= 11 is 0. The van der Waals surface area contributed by atoms with Gasteiger partial charge in [0.2, 0.25) is 0 Å². The van der Waals surface area contributed by atoms with Gasteiger partial charge in [-0.3, -0.25) is 0 Å². The predicted octanol–water partition coefficient (Wildman–Crippen LogP) is 4.11. The number of ether oxygens (including phenoxy) is 1. The molecule has 1 unspecified atom stereocenters. The molecule has 0 spiro atoms. The standard InChI is InChI=1S/C18H19NO/c1-2-9-16-13(5-1)10-11-17(19-16)15-8-3-6-14-7-4-12-20-18(14)15/h1-3,5-6,8-9,17,19H,4,7,10-12H2. The summed E-state index contributed by atoms with van der Waals surface area (Å²) in [4.78, 5) is 0. The summed E-state index contributed by atoms with van der Waals surface area (Å²) in [7, 11) is 0. The number of anilines is 1. The van der Waals surface area contributed by atoms with E-state index in [1.165, 1.54) is 22.4 Å². The maximum atomic E-state index is 5.96. The van der Waals surface area contributed by atoms with Crippen LogP contribution in [0.3, 0.4) is 0 Å². The highest BCUT2D eigenvalue weighted by molar-refractivity contribution is 5.57. The molecule has 0 saturated carbocycles. The Hall–Kier alpha value is -1.96. The molecule has 1 N–H and O–H groups in total. The Morgan fingerprint density at radius 1 is 0.950 bits per heavy atom. The second-order valence-corrected chi connectivity index (χ2v) is 5.68. The van der Waals surface area contributed by atoms with E-state index in [4.69, 9.17) is 4.74 Å². The number of hydrogen-bond donors (Lipinski definition) is 1. The maximum Gasteiger partial charge on any atom is 0.127 e. The van der Waals surface area contributed by atoms with Crippen molar-refractivity contribution in [2.24, 2.45) is 0 Å². The van der Waals surface area contributed by atoms with Gasteiger partial charge >= 0.3 is 0 Å². The van der Waals surface area contributed by atoms with E-state index in [9.17, 15) is 0 Å². The van der Waals surface area contributed by atoms with Crippen molar-refractivity contribution in [2.75, 3.05) is 11.9 Å². The zero-order chi connectivity index (χ0) is 13.4. The fourth-order valence-corrected chi connectivity index (χ4v) is 3.36. The highest BCUT2D eigenvalue weighted by Gasteiger charge is 2.24. The van der Waals surface area contributed by atoms with Crippen LogP contribution in [0.5, 0.6) is 5.75 Å². The van der Waals surface area contributed by atoms with E-state index in [0.29, 0.717) is 6.04 Å². The summed E-state index contributed by atoms with van der Waals surface area (Å²) < 4.78 is 5.96. The Bertz CT molecular complexity index is 635. The molecule has 102 valence electrons. The summed E-state index contributed by atoms with van der Waals surface area (Å²) in [6.45, 7) is 0.854. The molecule has 2 nitrogen and oxygen atoms in total. The Morgan fingerprint density at radius 3 is 2.85 bits per heavy atom. The van der Waals surface area contributed by atoms with Gasteiger partial charge < -0.3 is 10.1 Å². The molecule has 20 heavy (non-hydrogen) atoms. The zero-order valence-corrected chi connectivity index (χ0v) is 11.6. The molecule has 2 heterocycles. The number of fused-ring (bicyclic) bond motifs is 2. The number of para-hydroxylation sites is 2. The van der Waals surface area contributed by atoms with Gasteiger partial charge in [-0.25, -0.2) is 0 Å². The lowest BCUT2D eigenvalue weighted by molar-refractivity contribution is 0.283. The minimum atomic E-state index is 0.373. The van der Waals surface area contributed by atoms with Gasteiger partial charge in [0.25, 0.3) is 0 Å². The van der Waals surface area contributed by atoms with E-state index in [2.05, 4.69) is 47.8 Å². The van der Waals surface area contributed by atoms with Gasteiger partial charge in [-0.15, -0.1) is 0 Å². The molecule has 2 aliphatic heterocycles. The second-order valence-electron chi connectivity index (χ2n) is 5.68. The van der Waals surface area contributed by atoms with Crippen LogP contribution in [-0.4, -0.2) is 6.61 Å². The number of hydrogen-bond acceptors (Lipinski definition) is 2. The molecule has 0 radical (unpaired) electrons. The molecule has 0 bridgehead atoms. The van der Waals surface area contributed by atoms with Crippen molar-refractivity contribution in [1.29, 1.82) is 0 Å². The molecule has 2 heteroatoms. The fourth-order valence-electron chi connectivity index (χ4n) is 3.36. The Balaban J connectivity index is 1.70. The average molecular weight is 265 g/mol. The molecule has 0 fully saturated rings. The molecule has 0 aliphatic carbocycles. The summed E-state index contributed by atoms with van der Waals surface area (Å²) in [6, 6.07) is 15.6. The van der Waals surface area contributed by atoms with Crippen molar-refractivity contribution < 1.29 is 4.74 Å². The largest absolute Gasteiger partial charge is 0.493 e. The molecule has 2 aliphatic rings. The third-order valence-electron chi connectivity index (χ3n) is 4.39. The minimum absolute atomic E-state index is 0.373. The van der Waals surface area contributed by atoms with Gasteiger partial charge in [-0.2, -0.15) is 0 Å². The summed E-state index contributed by atoms with van der Waals surface area (Å²) in [6.07, 6.45) is 4.55. The van der Waals surface area contributed by atoms with Crippen molar-refractivity contribution in [3.63, 3.8) is 0 Å². The van der Waals surface area contributed by atoms with Crippen LogP contribution in [0, 0.1) is 0 Å². The molecule has 1 atom stereocenters. The predicted molar refractivity (Wildman–Crippen MR) is 81.4 cm³/mol. The van der Waals surface area contributed by atoms with Crippen LogP contribution in [-0.2, 0) is 12.8 Å². The third kappa shape index (κ3) is 1.96. The highest BCUT2D eigenvalue weighted by Crippen LogP contribution is 2.39. The first-order chi connectivity index (χ1) is 9.92. The first-order valence-corrected chi connectivity index (χ1v) is 7.51. The van der Waals surface area contributed by atoms with E-state index < -0.39 is 0 Å². The summed E-state index contributed by atoms with van der Waals surface area (Å²) in [5.74, 6) is 1.13. The van der Waals surface area contributed by atoms with Crippen molar-refractivity contribution >= 4 is 5.69 Å². The molecule has 0 aromatic heterocycles. The summed E-state index contributed by atoms with van der Waals surface area (Å²) in [5, 5.41) is 3.68. The van der Waals surface area contributed by atoms with Crippen LogP contribution in [0.4, 0.5) is 5.69 Å². The van der Waals surface area contributed by atoms with Gasteiger partial charge in [0.05, 0.1) is 12.6 Å².